The minimum atomic E-state index is 0.624. The summed E-state index contributed by atoms with van der Waals surface area (Å²) in [5.41, 5.74) is 7.68. The van der Waals surface area contributed by atoms with Crippen molar-refractivity contribution >= 4 is 34.1 Å². The summed E-state index contributed by atoms with van der Waals surface area (Å²) < 4.78 is 2.05. The molecule has 1 heterocycles. The van der Waals surface area contributed by atoms with Gasteiger partial charge in [-0.15, -0.1) is 0 Å². The Morgan fingerprint density at radius 1 is 1.27 bits per heavy atom. The second kappa shape index (κ2) is 4.05. The van der Waals surface area contributed by atoms with E-state index < -0.39 is 0 Å². The van der Waals surface area contributed by atoms with Gasteiger partial charge >= 0.3 is 0 Å². The summed E-state index contributed by atoms with van der Waals surface area (Å²) in [4.78, 5) is 0. The maximum atomic E-state index is 6.14. The molecule has 2 rings (SSSR count). The Balaban J connectivity index is 2.75. The molecule has 0 unspecified atom stereocenters. The van der Waals surface area contributed by atoms with Crippen molar-refractivity contribution in [2.75, 3.05) is 6.54 Å². The van der Waals surface area contributed by atoms with Crippen molar-refractivity contribution in [2.45, 2.75) is 6.42 Å². The number of nitrogens with zero attached hydrogens (tertiary/aromatic N) is 1. The third-order valence-electron chi connectivity index (χ3n) is 2.59. The van der Waals surface area contributed by atoms with Gasteiger partial charge in [-0.05, 0) is 31.2 Å². The van der Waals surface area contributed by atoms with Gasteiger partial charge in [0.25, 0.3) is 0 Å². The molecule has 2 aromatic rings. The molecule has 0 atom stereocenters. The van der Waals surface area contributed by atoms with Crippen LogP contribution < -0.4 is 5.73 Å². The molecule has 0 aliphatic rings. The van der Waals surface area contributed by atoms with Crippen LogP contribution >= 0.6 is 23.2 Å². The van der Waals surface area contributed by atoms with E-state index >= 15 is 0 Å². The minimum Gasteiger partial charge on any atom is -0.346 e. The molecule has 15 heavy (non-hydrogen) atoms. The summed E-state index contributed by atoms with van der Waals surface area (Å²) in [6.45, 7) is 0.624. The van der Waals surface area contributed by atoms with Crippen LogP contribution in [-0.4, -0.2) is 11.1 Å². The van der Waals surface area contributed by atoms with Crippen molar-refractivity contribution in [2.24, 2.45) is 12.8 Å². The molecular formula is C11H12Cl2N2. The van der Waals surface area contributed by atoms with Crippen molar-refractivity contribution in [3.8, 4) is 0 Å². The number of nitrogens with two attached hydrogens (primary N) is 1. The molecule has 2 N–H and O–H groups in total. The number of hydrogen-bond acceptors (Lipinski definition) is 1. The molecular weight excluding hydrogens is 231 g/mol. The lowest BCUT2D eigenvalue weighted by atomic mass is 10.2. The van der Waals surface area contributed by atoms with Gasteiger partial charge in [0.2, 0.25) is 0 Å². The van der Waals surface area contributed by atoms with E-state index in [-0.39, 0.29) is 0 Å². The molecule has 0 amide bonds. The first-order valence-corrected chi connectivity index (χ1v) is 5.53. The summed E-state index contributed by atoms with van der Waals surface area (Å²) in [6.07, 6.45) is 0.831. The number of benzene rings is 1. The molecule has 1 aromatic heterocycles. The first-order valence-electron chi connectivity index (χ1n) is 4.77. The first-order chi connectivity index (χ1) is 7.15. The summed E-state index contributed by atoms with van der Waals surface area (Å²) in [6, 6.07) is 5.69. The highest BCUT2D eigenvalue weighted by Crippen LogP contribution is 2.31. The number of fused-ring (bicyclic) bond motifs is 1. The van der Waals surface area contributed by atoms with Gasteiger partial charge < -0.3 is 10.3 Å². The number of aromatic nitrogens is 1. The second-order valence-corrected chi connectivity index (χ2v) is 4.34. The largest absolute Gasteiger partial charge is 0.346 e. The molecule has 0 bridgehead atoms. The van der Waals surface area contributed by atoms with E-state index in [9.17, 15) is 0 Å². The van der Waals surface area contributed by atoms with Gasteiger partial charge in [0.15, 0.2) is 0 Å². The minimum absolute atomic E-state index is 0.624. The van der Waals surface area contributed by atoms with Crippen molar-refractivity contribution < 1.29 is 0 Å². The van der Waals surface area contributed by atoms with Gasteiger partial charge in [0, 0.05) is 18.1 Å². The average Bonchev–Trinajstić information content (AvgIpc) is 2.53. The van der Waals surface area contributed by atoms with Crippen LogP contribution in [0.3, 0.4) is 0 Å². The Kier molecular flexibility index (Phi) is 2.91. The van der Waals surface area contributed by atoms with Crippen LogP contribution in [-0.2, 0) is 13.5 Å². The number of hydrogen-bond donors (Lipinski definition) is 1. The van der Waals surface area contributed by atoms with Crippen LogP contribution in [0.25, 0.3) is 10.9 Å². The Labute approximate surface area is 98.6 Å². The topological polar surface area (TPSA) is 30.9 Å². The van der Waals surface area contributed by atoms with Crippen LogP contribution in [0.1, 0.15) is 5.69 Å². The van der Waals surface area contributed by atoms with E-state index in [0.29, 0.717) is 6.54 Å². The fraction of sp³-hybridized carbons (Fsp3) is 0.273. The normalized spacial score (nSPS) is 11.2. The Morgan fingerprint density at radius 3 is 2.53 bits per heavy atom. The summed E-state index contributed by atoms with van der Waals surface area (Å²) in [7, 11) is 1.98. The fourth-order valence-corrected chi connectivity index (χ4v) is 2.33. The quantitative estimate of drug-likeness (QED) is 0.863. The molecule has 4 heteroatoms. The van der Waals surface area contributed by atoms with Crippen molar-refractivity contribution in [3.63, 3.8) is 0 Å². The zero-order valence-electron chi connectivity index (χ0n) is 8.43. The molecule has 0 aliphatic carbocycles. The lowest BCUT2D eigenvalue weighted by molar-refractivity contribution is 0.827. The smallest absolute Gasteiger partial charge is 0.0684 e. The number of halogens is 2. The van der Waals surface area contributed by atoms with Crippen LogP contribution in [0.2, 0.25) is 10.0 Å². The SMILES string of the molecule is Cn1c(CCN)cc2c(Cl)ccc(Cl)c21. The third kappa shape index (κ3) is 1.73. The standard InChI is InChI=1S/C11H12Cl2N2/c1-15-7(4-5-14)6-8-9(12)2-3-10(13)11(8)15/h2-3,6H,4-5,14H2,1H3. The average molecular weight is 243 g/mol. The fourth-order valence-electron chi connectivity index (χ4n) is 1.83. The van der Waals surface area contributed by atoms with Crippen LogP contribution in [0.15, 0.2) is 18.2 Å². The van der Waals surface area contributed by atoms with E-state index in [1.807, 2.05) is 19.2 Å². The van der Waals surface area contributed by atoms with E-state index in [1.54, 1.807) is 0 Å². The number of rotatable bonds is 2. The number of aryl methyl sites for hydroxylation is 1. The monoisotopic (exact) mass is 242 g/mol. The van der Waals surface area contributed by atoms with Gasteiger partial charge in [-0.25, -0.2) is 0 Å². The Hall–Kier alpha value is -0.700. The lowest BCUT2D eigenvalue weighted by Gasteiger charge is -2.03. The third-order valence-corrected chi connectivity index (χ3v) is 3.23. The van der Waals surface area contributed by atoms with E-state index in [0.717, 1.165) is 33.1 Å². The first kappa shape index (κ1) is 10.8. The molecule has 2 nitrogen and oxygen atoms in total. The predicted octanol–water partition coefficient (Wildman–Crippen LogP) is 2.99. The molecule has 0 aliphatic heterocycles. The second-order valence-electron chi connectivity index (χ2n) is 3.52. The van der Waals surface area contributed by atoms with Crippen molar-refractivity contribution in [1.29, 1.82) is 0 Å². The highest BCUT2D eigenvalue weighted by Gasteiger charge is 2.10. The molecule has 0 spiro atoms. The molecule has 0 saturated heterocycles. The zero-order chi connectivity index (χ0) is 11.0. The van der Waals surface area contributed by atoms with E-state index in [1.165, 1.54) is 0 Å². The van der Waals surface area contributed by atoms with Gasteiger partial charge in [-0.1, -0.05) is 23.2 Å². The van der Waals surface area contributed by atoms with Crippen LogP contribution in [0, 0.1) is 0 Å². The molecule has 1 aromatic carbocycles. The van der Waals surface area contributed by atoms with Crippen LogP contribution in [0.4, 0.5) is 0 Å². The highest BCUT2D eigenvalue weighted by molar-refractivity contribution is 6.40. The van der Waals surface area contributed by atoms with Gasteiger partial charge in [-0.3, -0.25) is 0 Å². The van der Waals surface area contributed by atoms with Gasteiger partial charge in [0.1, 0.15) is 0 Å². The molecule has 0 radical (unpaired) electrons. The Morgan fingerprint density at radius 2 is 1.93 bits per heavy atom. The predicted molar refractivity (Wildman–Crippen MR) is 65.7 cm³/mol. The highest BCUT2D eigenvalue weighted by atomic mass is 35.5. The van der Waals surface area contributed by atoms with Gasteiger partial charge in [0.05, 0.1) is 15.6 Å². The molecule has 80 valence electrons. The zero-order valence-corrected chi connectivity index (χ0v) is 9.94. The van der Waals surface area contributed by atoms with Crippen molar-refractivity contribution in [3.05, 3.63) is 33.9 Å². The van der Waals surface area contributed by atoms with Crippen LogP contribution in [0.5, 0.6) is 0 Å². The van der Waals surface area contributed by atoms with Crippen molar-refractivity contribution in [1.82, 2.24) is 4.57 Å². The maximum Gasteiger partial charge on any atom is 0.0684 e. The molecule has 0 saturated carbocycles. The van der Waals surface area contributed by atoms with Gasteiger partial charge in [-0.2, -0.15) is 0 Å². The summed E-state index contributed by atoms with van der Waals surface area (Å²) >= 11 is 12.2. The Bertz CT molecular complexity index is 503. The molecule has 0 fully saturated rings. The summed E-state index contributed by atoms with van der Waals surface area (Å²) in [5.74, 6) is 0. The summed E-state index contributed by atoms with van der Waals surface area (Å²) in [5, 5.41) is 2.45. The van der Waals surface area contributed by atoms with E-state index in [2.05, 4.69) is 10.6 Å². The maximum absolute atomic E-state index is 6.14. The lowest BCUT2D eigenvalue weighted by Crippen LogP contribution is -2.06. The van der Waals surface area contributed by atoms with E-state index in [4.69, 9.17) is 28.9 Å².